The molecule has 0 aromatic heterocycles. The summed E-state index contributed by atoms with van der Waals surface area (Å²) in [5.74, 6) is 1.83. The molecule has 2 rings (SSSR count). The van der Waals surface area contributed by atoms with Crippen LogP contribution in [0.15, 0.2) is 0 Å². The summed E-state index contributed by atoms with van der Waals surface area (Å²) in [5.41, 5.74) is -0.419. The molecule has 1 saturated carbocycles. The molecule has 3 unspecified atom stereocenters. The molecular weight excluding hydrogens is 236 g/mol. The third-order valence-corrected chi connectivity index (χ3v) is 5.15. The van der Waals surface area contributed by atoms with Crippen LogP contribution in [-0.2, 0) is 4.79 Å². The highest BCUT2D eigenvalue weighted by molar-refractivity contribution is 5.86. The summed E-state index contributed by atoms with van der Waals surface area (Å²) < 4.78 is 0. The molecule has 3 heteroatoms. The van der Waals surface area contributed by atoms with E-state index in [2.05, 4.69) is 24.1 Å². The third-order valence-electron chi connectivity index (χ3n) is 5.15. The molecule has 1 N–H and O–H groups in total. The quantitative estimate of drug-likeness (QED) is 0.852. The van der Waals surface area contributed by atoms with Gasteiger partial charge in [-0.3, -0.25) is 4.79 Å². The Labute approximate surface area is 118 Å². The highest BCUT2D eigenvalue weighted by Gasteiger charge is 2.42. The zero-order chi connectivity index (χ0) is 14.0. The molecule has 2 aliphatic rings. The Hall–Kier alpha value is -0.570. The lowest BCUT2D eigenvalue weighted by Gasteiger charge is -2.49. The summed E-state index contributed by atoms with van der Waals surface area (Å²) in [6.07, 6.45) is 6.35. The minimum atomic E-state index is -0.419. The molecule has 0 bridgehead atoms. The predicted octanol–water partition coefficient (Wildman–Crippen LogP) is 2.80. The van der Waals surface area contributed by atoms with E-state index < -0.39 is 5.54 Å². The molecule has 0 aromatic carbocycles. The number of rotatable bonds is 3. The number of carbonyl (C=O) groups is 1. The summed E-state index contributed by atoms with van der Waals surface area (Å²) >= 11 is 0. The van der Waals surface area contributed by atoms with Crippen molar-refractivity contribution in [1.29, 1.82) is 0 Å². The van der Waals surface area contributed by atoms with E-state index in [1.807, 2.05) is 13.8 Å². The van der Waals surface area contributed by atoms with Crippen LogP contribution in [0.2, 0.25) is 0 Å². The van der Waals surface area contributed by atoms with Gasteiger partial charge in [0.25, 0.3) is 0 Å². The number of likely N-dealkylation sites (tertiary alicyclic amines) is 1. The standard InChI is InChI=1S/C16H30N2O/c1-5-17-16(3,4)15(19)18-11-10-12(2)13-8-6-7-9-14(13)18/h12-14,17H,5-11H2,1-4H3. The van der Waals surface area contributed by atoms with Crippen LogP contribution >= 0.6 is 0 Å². The predicted molar refractivity (Wildman–Crippen MR) is 79.0 cm³/mol. The maximum Gasteiger partial charge on any atom is 0.242 e. The lowest BCUT2D eigenvalue weighted by molar-refractivity contribution is -0.145. The topological polar surface area (TPSA) is 32.3 Å². The number of hydrogen-bond acceptors (Lipinski definition) is 2. The van der Waals surface area contributed by atoms with Gasteiger partial charge in [-0.25, -0.2) is 0 Å². The molecule has 3 nitrogen and oxygen atoms in total. The number of amides is 1. The zero-order valence-electron chi connectivity index (χ0n) is 13.0. The molecule has 1 saturated heterocycles. The molecule has 2 fully saturated rings. The Morgan fingerprint density at radius 3 is 2.63 bits per heavy atom. The number of carbonyl (C=O) groups excluding carboxylic acids is 1. The maximum atomic E-state index is 12.8. The van der Waals surface area contributed by atoms with E-state index in [9.17, 15) is 4.79 Å². The van der Waals surface area contributed by atoms with Crippen LogP contribution in [0.5, 0.6) is 0 Å². The van der Waals surface area contributed by atoms with Crippen molar-refractivity contribution in [1.82, 2.24) is 10.2 Å². The van der Waals surface area contributed by atoms with Crippen LogP contribution in [0.4, 0.5) is 0 Å². The zero-order valence-corrected chi connectivity index (χ0v) is 13.0. The van der Waals surface area contributed by atoms with Gasteiger partial charge in [0.05, 0.1) is 5.54 Å². The fraction of sp³-hybridized carbons (Fsp3) is 0.938. The fourth-order valence-corrected chi connectivity index (χ4v) is 4.04. The largest absolute Gasteiger partial charge is 0.338 e. The first-order valence-electron chi connectivity index (χ1n) is 8.03. The number of nitrogens with zero attached hydrogens (tertiary/aromatic N) is 1. The molecule has 19 heavy (non-hydrogen) atoms. The van der Waals surface area contributed by atoms with E-state index in [4.69, 9.17) is 0 Å². The first-order chi connectivity index (χ1) is 8.97. The van der Waals surface area contributed by atoms with Crippen molar-refractivity contribution in [3.05, 3.63) is 0 Å². The van der Waals surface area contributed by atoms with Crippen molar-refractivity contribution in [2.75, 3.05) is 13.1 Å². The van der Waals surface area contributed by atoms with E-state index in [1.54, 1.807) is 0 Å². The van der Waals surface area contributed by atoms with Gasteiger partial charge in [-0.05, 0) is 51.5 Å². The molecule has 0 radical (unpaired) electrons. The second-order valence-electron chi connectivity index (χ2n) is 6.94. The molecule has 1 amide bonds. The first-order valence-corrected chi connectivity index (χ1v) is 8.03. The Morgan fingerprint density at radius 1 is 1.26 bits per heavy atom. The van der Waals surface area contributed by atoms with Crippen molar-refractivity contribution >= 4 is 5.91 Å². The van der Waals surface area contributed by atoms with E-state index in [1.165, 1.54) is 32.1 Å². The van der Waals surface area contributed by atoms with Crippen LogP contribution in [0.3, 0.4) is 0 Å². The summed E-state index contributed by atoms with van der Waals surface area (Å²) in [5, 5.41) is 3.33. The van der Waals surface area contributed by atoms with Gasteiger partial charge in [0.15, 0.2) is 0 Å². The molecule has 3 atom stereocenters. The molecular formula is C16H30N2O. The van der Waals surface area contributed by atoms with Crippen LogP contribution < -0.4 is 5.32 Å². The van der Waals surface area contributed by atoms with Gasteiger partial charge in [0.2, 0.25) is 5.91 Å². The van der Waals surface area contributed by atoms with E-state index in [-0.39, 0.29) is 0 Å². The average Bonchev–Trinajstić information content (AvgIpc) is 2.39. The van der Waals surface area contributed by atoms with Crippen molar-refractivity contribution in [3.63, 3.8) is 0 Å². The number of likely N-dealkylation sites (N-methyl/N-ethyl adjacent to an activating group) is 1. The van der Waals surface area contributed by atoms with Gasteiger partial charge < -0.3 is 10.2 Å². The van der Waals surface area contributed by atoms with E-state index >= 15 is 0 Å². The highest BCUT2D eigenvalue weighted by atomic mass is 16.2. The van der Waals surface area contributed by atoms with Crippen LogP contribution in [-0.4, -0.2) is 35.5 Å². The maximum absolute atomic E-state index is 12.8. The molecule has 0 spiro atoms. The SMILES string of the molecule is CCNC(C)(C)C(=O)N1CCC(C)C2CCCCC21. The fourth-order valence-electron chi connectivity index (χ4n) is 4.04. The van der Waals surface area contributed by atoms with Crippen LogP contribution in [0, 0.1) is 11.8 Å². The van der Waals surface area contributed by atoms with Gasteiger partial charge in [-0.1, -0.05) is 26.7 Å². The molecule has 1 aliphatic carbocycles. The minimum absolute atomic E-state index is 0.304. The summed E-state index contributed by atoms with van der Waals surface area (Å²) in [4.78, 5) is 15.0. The van der Waals surface area contributed by atoms with E-state index in [0.29, 0.717) is 11.9 Å². The molecule has 1 heterocycles. The van der Waals surface area contributed by atoms with Crippen LogP contribution in [0.1, 0.15) is 59.8 Å². The Balaban J connectivity index is 2.12. The number of hydrogen-bond donors (Lipinski definition) is 1. The van der Waals surface area contributed by atoms with Gasteiger partial charge >= 0.3 is 0 Å². The normalized spacial score (nSPS) is 32.0. The van der Waals surface area contributed by atoms with Gasteiger partial charge in [-0.15, -0.1) is 0 Å². The van der Waals surface area contributed by atoms with Crippen molar-refractivity contribution < 1.29 is 4.79 Å². The lowest BCUT2D eigenvalue weighted by atomic mass is 9.72. The van der Waals surface area contributed by atoms with Crippen LogP contribution in [0.25, 0.3) is 0 Å². The molecule has 1 aliphatic heterocycles. The molecule has 0 aromatic rings. The number of fused-ring (bicyclic) bond motifs is 1. The van der Waals surface area contributed by atoms with Crippen molar-refractivity contribution in [3.8, 4) is 0 Å². The molecule has 110 valence electrons. The van der Waals surface area contributed by atoms with Gasteiger partial charge in [0, 0.05) is 12.6 Å². The summed E-state index contributed by atoms with van der Waals surface area (Å²) in [7, 11) is 0. The Bertz CT molecular complexity index is 327. The smallest absolute Gasteiger partial charge is 0.242 e. The minimum Gasteiger partial charge on any atom is -0.338 e. The van der Waals surface area contributed by atoms with Crippen molar-refractivity contribution in [2.24, 2.45) is 11.8 Å². The van der Waals surface area contributed by atoms with Gasteiger partial charge in [-0.2, -0.15) is 0 Å². The number of piperidine rings is 1. The second kappa shape index (κ2) is 5.82. The van der Waals surface area contributed by atoms with E-state index in [0.717, 1.165) is 24.9 Å². The third kappa shape index (κ3) is 2.96. The van der Waals surface area contributed by atoms with Gasteiger partial charge in [0.1, 0.15) is 0 Å². The first kappa shape index (κ1) is 14.8. The average molecular weight is 266 g/mol. The highest BCUT2D eigenvalue weighted by Crippen LogP contribution is 2.39. The summed E-state index contributed by atoms with van der Waals surface area (Å²) in [6, 6.07) is 0.503. The monoisotopic (exact) mass is 266 g/mol. The second-order valence-corrected chi connectivity index (χ2v) is 6.94. The Kier molecular flexibility index (Phi) is 4.54. The Morgan fingerprint density at radius 2 is 1.95 bits per heavy atom. The number of nitrogens with one attached hydrogen (secondary N) is 1. The summed E-state index contributed by atoms with van der Waals surface area (Å²) in [6.45, 7) is 10.3. The lowest BCUT2D eigenvalue weighted by Crippen LogP contribution is -2.61. The van der Waals surface area contributed by atoms with Crippen molar-refractivity contribution in [2.45, 2.75) is 71.4 Å².